The third kappa shape index (κ3) is 3.15. The van der Waals surface area contributed by atoms with Gasteiger partial charge in [0.25, 0.3) is 5.91 Å². The third-order valence-electron chi connectivity index (χ3n) is 4.42. The van der Waals surface area contributed by atoms with Crippen LogP contribution < -0.4 is 10.2 Å². The van der Waals surface area contributed by atoms with Crippen molar-refractivity contribution in [2.24, 2.45) is 0 Å². The molecule has 0 unspecified atom stereocenters. The van der Waals surface area contributed by atoms with E-state index in [9.17, 15) is 4.79 Å². The highest BCUT2D eigenvalue weighted by molar-refractivity contribution is 6.04. The largest absolute Gasteiger partial charge is 0.371 e. The number of carbonyl (C=O) groups is 1. The van der Waals surface area contributed by atoms with E-state index in [0.29, 0.717) is 5.69 Å². The van der Waals surface area contributed by atoms with Crippen LogP contribution in [0.4, 0.5) is 11.4 Å². The molecule has 3 aromatic rings. The van der Waals surface area contributed by atoms with Crippen molar-refractivity contribution < 1.29 is 4.79 Å². The molecule has 1 aromatic carbocycles. The van der Waals surface area contributed by atoms with Gasteiger partial charge in [-0.05, 0) is 44.0 Å². The summed E-state index contributed by atoms with van der Waals surface area (Å²) >= 11 is 0. The lowest BCUT2D eigenvalue weighted by Crippen LogP contribution is -2.18. The van der Waals surface area contributed by atoms with E-state index in [-0.39, 0.29) is 11.6 Å². The Morgan fingerprint density at radius 2 is 2.00 bits per heavy atom. The second kappa shape index (κ2) is 6.47. The van der Waals surface area contributed by atoms with Gasteiger partial charge in [-0.15, -0.1) is 0 Å². The fourth-order valence-electron chi connectivity index (χ4n) is 3.25. The van der Waals surface area contributed by atoms with Crippen LogP contribution in [0.5, 0.6) is 0 Å². The molecule has 1 fully saturated rings. The normalized spacial score (nSPS) is 14.0. The average Bonchev–Trinajstić information content (AvgIpc) is 3.16. The molecule has 0 aliphatic carbocycles. The van der Waals surface area contributed by atoms with Gasteiger partial charge in [-0.2, -0.15) is 0 Å². The van der Waals surface area contributed by atoms with Gasteiger partial charge in [0.05, 0.1) is 11.7 Å². The smallest absolute Gasteiger partial charge is 0.275 e. The number of hydrogen-bond acceptors (Lipinski definition) is 5. The Bertz CT molecular complexity index is 920. The molecular formula is C19H19N5O. The summed E-state index contributed by atoms with van der Waals surface area (Å²) in [6, 6.07) is 8.00. The number of rotatable bonds is 3. The van der Waals surface area contributed by atoms with Gasteiger partial charge in [0.15, 0.2) is 0 Å². The lowest BCUT2D eigenvalue weighted by molar-refractivity contribution is 0.102. The molecule has 4 rings (SSSR count). The minimum atomic E-state index is -0.278. The third-order valence-corrected chi connectivity index (χ3v) is 4.42. The van der Waals surface area contributed by atoms with Gasteiger partial charge in [-0.25, -0.2) is 4.98 Å². The SMILES string of the molecule is Cc1cc(N2CCCC2)c2ccc(NC(=O)c3cnccn3)cc2n1. The summed E-state index contributed by atoms with van der Waals surface area (Å²) in [5, 5.41) is 3.98. The maximum Gasteiger partial charge on any atom is 0.275 e. The molecule has 0 atom stereocenters. The Morgan fingerprint density at radius 3 is 2.76 bits per heavy atom. The summed E-state index contributed by atoms with van der Waals surface area (Å²) in [4.78, 5) is 27.2. The predicted octanol–water partition coefficient (Wildman–Crippen LogP) is 3.19. The van der Waals surface area contributed by atoms with Crippen LogP contribution in [0, 0.1) is 6.92 Å². The molecule has 0 radical (unpaired) electrons. The van der Waals surface area contributed by atoms with E-state index in [0.717, 1.165) is 29.7 Å². The highest BCUT2D eigenvalue weighted by Gasteiger charge is 2.16. The van der Waals surface area contributed by atoms with E-state index < -0.39 is 0 Å². The molecule has 3 heterocycles. The molecule has 2 aromatic heterocycles. The van der Waals surface area contributed by atoms with Crippen LogP contribution in [0.2, 0.25) is 0 Å². The number of anilines is 2. The number of nitrogens with zero attached hydrogens (tertiary/aromatic N) is 4. The summed E-state index contributed by atoms with van der Waals surface area (Å²) in [6.07, 6.45) is 6.95. The van der Waals surface area contributed by atoms with Gasteiger partial charge in [0.1, 0.15) is 5.69 Å². The van der Waals surface area contributed by atoms with Gasteiger partial charge in [0, 0.05) is 47.9 Å². The van der Waals surface area contributed by atoms with Crippen molar-refractivity contribution in [1.82, 2.24) is 15.0 Å². The van der Waals surface area contributed by atoms with Gasteiger partial charge in [0.2, 0.25) is 0 Å². The lowest BCUT2D eigenvalue weighted by Gasteiger charge is -2.20. The van der Waals surface area contributed by atoms with Crippen LogP contribution in [0.15, 0.2) is 42.9 Å². The Balaban J connectivity index is 1.67. The first kappa shape index (κ1) is 15.5. The van der Waals surface area contributed by atoms with Gasteiger partial charge in [-0.1, -0.05) is 0 Å². The summed E-state index contributed by atoms with van der Waals surface area (Å²) in [7, 11) is 0. The molecule has 1 saturated heterocycles. The van der Waals surface area contributed by atoms with Crippen LogP contribution in [0.1, 0.15) is 29.0 Å². The minimum Gasteiger partial charge on any atom is -0.371 e. The van der Waals surface area contributed by atoms with Crippen molar-refractivity contribution in [1.29, 1.82) is 0 Å². The first-order valence-electron chi connectivity index (χ1n) is 8.44. The number of carbonyl (C=O) groups excluding carboxylic acids is 1. The predicted molar refractivity (Wildman–Crippen MR) is 97.9 cm³/mol. The second-order valence-corrected chi connectivity index (χ2v) is 6.25. The van der Waals surface area contributed by atoms with Crippen molar-refractivity contribution >= 4 is 28.2 Å². The van der Waals surface area contributed by atoms with Gasteiger partial charge >= 0.3 is 0 Å². The van der Waals surface area contributed by atoms with Crippen LogP contribution in [-0.4, -0.2) is 33.9 Å². The van der Waals surface area contributed by atoms with Crippen molar-refractivity contribution in [2.45, 2.75) is 19.8 Å². The highest BCUT2D eigenvalue weighted by Crippen LogP contribution is 2.31. The quantitative estimate of drug-likeness (QED) is 0.797. The van der Waals surface area contributed by atoms with Crippen LogP contribution in [-0.2, 0) is 0 Å². The molecule has 0 saturated carbocycles. The standard InChI is InChI=1S/C19H19N5O/c1-13-10-18(24-8-2-3-9-24)15-5-4-14(11-16(15)22-13)23-19(25)17-12-20-6-7-21-17/h4-7,10-12H,2-3,8-9H2,1H3,(H,23,25). The summed E-state index contributed by atoms with van der Waals surface area (Å²) in [6.45, 7) is 4.18. The molecular weight excluding hydrogens is 314 g/mol. The van der Waals surface area contributed by atoms with E-state index in [2.05, 4.69) is 31.2 Å². The van der Waals surface area contributed by atoms with Crippen LogP contribution >= 0.6 is 0 Å². The number of benzene rings is 1. The zero-order valence-electron chi connectivity index (χ0n) is 14.1. The molecule has 1 N–H and O–H groups in total. The average molecular weight is 333 g/mol. The summed E-state index contributed by atoms with van der Waals surface area (Å²) in [5.41, 5.74) is 4.09. The van der Waals surface area contributed by atoms with Crippen molar-refractivity contribution in [2.75, 3.05) is 23.3 Å². The maximum atomic E-state index is 12.3. The van der Waals surface area contributed by atoms with Crippen LogP contribution in [0.3, 0.4) is 0 Å². The molecule has 0 spiro atoms. The summed E-state index contributed by atoms with van der Waals surface area (Å²) < 4.78 is 0. The fourth-order valence-corrected chi connectivity index (χ4v) is 3.25. The zero-order valence-corrected chi connectivity index (χ0v) is 14.1. The number of fused-ring (bicyclic) bond motifs is 1. The molecule has 1 aliphatic heterocycles. The van der Waals surface area contributed by atoms with Crippen molar-refractivity contribution in [3.05, 3.63) is 54.2 Å². The molecule has 1 amide bonds. The van der Waals surface area contributed by atoms with E-state index >= 15 is 0 Å². The number of pyridine rings is 1. The van der Waals surface area contributed by atoms with E-state index in [1.54, 1.807) is 6.20 Å². The van der Waals surface area contributed by atoms with Gasteiger partial charge in [-0.3, -0.25) is 14.8 Å². The Morgan fingerprint density at radius 1 is 1.16 bits per heavy atom. The summed E-state index contributed by atoms with van der Waals surface area (Å²) in [5.74, 6) is -0.278. The maximum absolute atomic E-state index is 12.3. The lowest BCUT2D eigenvalue weighted by atomic mass is 10.1. The monoisotopic (exact) mass is 333 g/mol. The second-order valence-electron chi connectivity index (χ2n) is 6.25. The number of nitrogens with one attached hydrogen (secondary N) is 1. The van der Waals surface area contributed by atoms with E-state index in [1.165, 1.54) is 30.9 Å². The van der Waals surface area contributed by atoms with Crippen LogP contribution in [0.25, 0.3) is 10.9 Å². The Kier molecular flexibility index (Phi) is 4.01. The first-order valence-corrected chi connectivity index (χ1v) is 8.44. The topological polar surface area (TPSA) is 71.0 Å². The highest BCUT2D eigenvalue weighted by atomic mass is 16.1. The first-order chi connectivity index (χ1) is 12.2. The molecule has 25 heavy (non-hydrogen) atoms. The van der Waals surface area contributed by atoms with E-state index in [1.807, 2.05) is 25.1 Å². The molecule has 0 bridgehead atoms. The molecule has 6 nitrogen and oxygen atoms in total. The Labute approximate surface area is 145 Å². The minimum absolute atomic E-state index is 0.278. The Hall–Kier alpha value is -3.02. The number of amides is 1. The fraction of sp³-hybridized carbons (Fsp3) is 0.263. The van der Waals surface area contributed by atoms with Crippen molar-refractivity contribution in [3.63, 3.8) is 0 Å². The number of aromatic nitrogens is 3. The zero-order chi connectivity index (χ0) is 17.2. The molecule has 1 aliphatic rings. The number of aryl methyl sites for hydroxylation is 1. The number of hydrogen-bond donors (Lipinski definition) is 1. The van der Waals surface area contributed by atoms with E-state index in [4.69, 9.17) is 0 Å². The molecule has 6 heteroatoms. The van der Waals surface area contributed by atoms with Gasteiger partial charge < -0.3 is 10.2 Å². The molecule has 126 valence electrons. The van der Waals surface area contributed by atoms with Crippen molar-refractivity contribution in [3.8, 4) is 0 Å².